The average Bonchev–Trinajstić information content (AvgIpc) is 3.40. The highest BCUT2D eigenvalue weighted by Crippen LogP contribution is 2.38. The van der Waals surface area contributed by atoms with Crippen LogP contribution in [0.1, 0.15) is 36.8 Å². The van der Waals surface area contributed by atoms with Gasteiger partial charge in [-0.15, -0.1) is 0 Å². The monoisotopic (exact) mass is 626 g/mol. The number of anilines is 1. The van der Waals surface area contributed by atoms with Crippen molar-refractivity contribution in [1.82, 2.24) is 9.80 Å². The van der Waals surface area contributed by atoms with Gasteiger partial charge in [-0.2, -0.15) is 13.2 Å². The van der Waals surface area contributed by atoms with Crippen LogP contribution in [-0.2, 0) is 26.9 Å². The second kappa shape index (κ2) is 13.7. The smallest absolute Gasteiger partial charge is 0.423 e. The Bertz CT molecular complexity index is 1300. The lowest BCUT2D eigenvalue weighted by Gasteiger charge is -2.35. The number of hydrogen-bond donors (Lipinski definition) is 1. The highest BCUT2D eigenvalue weighted by atomic mass is 35.5. The Balaban J connectivity index is 0.942. The number of carbonyl (C=O) groups is 1. The van der Waals surface area contributed by atoms with E-state index in [-0.39, 0.29) is 23.7 Å². The molecule has 0 aromatic heterocycles. The molecule has 43 heavy (non-hydrogen) atoms. The van der Waals surface area contributed by atoms with Gasteiger partial charge in [-0.3, -0.25) is 19.8 Å². The molecule has 1 amide bonds. The molecule has 1 aliphatic carbocycles. The molecule has 3 aliphatic rings. The Morgan fingerprint density at radius 3 is 2.51 bits per heavy atom. The third-order valence-electron chi connectivity index (χ3n) is 8.06. The molecule has 5 rings (SSSR count). The Kier molecular flexibility index (Phi) is 9.95. The van der Waals surface area contributed by atoms with Gasteiger partial charge in [-0.25, -0.2) is 0 Å². The second-order valence-electron chi connectivity index (χ2n) is 11.0. The fourth-order valence-corrected chi connectivity index (χ4v) is 5.94. The van der Waals surface area contributed by atoms with Gasteiger partial charge in [0.15, 0.2) is 6.10 Å². The molecule has 1 atom stereocenters. The topological polar surface area (TPSA) is 106 Å². The van der Waals surface area contributed by atoms with Gasteiger partial charge in [-0.05, 0) is 61.6 Å². The predicted octanol–water partition coefficient (Wildman–Crippen LogP) is 5.13. The van der Waals surface area contributed by atoms with E-state index in [0.29, 0.717) is 76.2 Å². The number of halogens is 4. The highest BCUT2D eigenvalue weighted by Gasteiger charge is 2.39. The zero-order valence-corrected chi connectivity index (χ0v) is 24.2. The molecule has 0 spiro atoms. The minimum absolute atomic E-state index is 0.00925. The van der Waals surface area contributed by atoms with Gasteiger partial charge in [-0.1, -0.05) is 11.6 Å². The number of alkyl halides is 3. The molecule has 1 N–H and O–H groups in total. The van der Waals surface area contributed by atoms with Crippen molar-refractivity contribution in [3.05, 3.63) is 62.7 Å². The third kappa shape index (κ3) is 8.08. The molecular weight excluding hydrogens is 593 g/mol. The van der Waals surface area contributed by atoms with Gasteiger partial charge in [0.2, 0.25) is 0 Å². The van der Waals surface area contributed by atoms with Crippen LogP contribution in [0.2, 0.25) is 5.02 Å². The van der Waals surface area contributed by atoms with E-state index in [1.54, 1.807) is 12.1 Å². The van der Waals surface area contributed by atoms with Crippen LogP contribution in [0.4, 0.5) is 24.5 Å². The number of nitrogens with one attached hydrogen (secondary N) is 1. The number of nitro groups is 1. The summed E-state index contributed by atoms with van der Waals surface area (Å²) < 4.78 is 57.4. The first-order valence-corrected chi connectivity index (χ1v) is 14.7. The summed E-state index contributed by atoms with van der Waals surface area (Å²) in [6, 6.07) is 8.36. The lowest BCUT2D eigenvalue weighted by Crippen LogP contribution is -2.52. The maximum absolute atomic E-state index is 13.3. The maximum atomic E-state index is 13.3. The van der Waals surface area contributed by atoms with Crippen molar-refractivity contribution in [3.63, 3.8) is 0 Å². The van der Waals surface area contributed by atoms with Gasteiger partial charge < -0.3 is 24.4 Å². The van der Waals surface area contributed by atoms with Crippen LogP contribution in [0.3, 0.4) is 0 Å². The number of benzene rings is 2. The summed E-state index contributed by atoms with van der Waals surface area (Å²) in [5.41, 5.74) is -1.05. The summed E-state index contributed by atoms with van der Waals surface area (Å²) in [6.45, 7) is 3.91. The molecule has 234 valence electrons. The zero-order chi connectivity index (χ0) is 30.6. The van der Waals surface area contributed by atoms with Crippen molar-refractivity contribution in [2.24, 2.45) is 0 Å². The van der Waals surface area contributed by atoms with Crippen LogP contribution in [0.5, 0.6) is 5.75 Å². The molecular formula is C29H34ClF3N4O6. The molecule has 2 aromatic rings. The molecule has 1 saturated heterocycles. The summed E-state index contributed by atoms with van der Waals surface area (Å²) >= 11 is 6.05. The van der Waals surface area contributed by atoms with Gasteiger partial charge in [0.05, 0.1) is 31.0 Å². The Hall–Kier alpha value is -3.13. The molecule has 1 saturated carbocycles. The first kappa shape index (κ1) is 31.3. The minimum Gasteiger partial charge on any atom is -0.480 e. The van der Waals surface area contributed by atoms with Crippen LogP contribution in [0.15, 0.2) is 36.4 Å². The predicted molar refractivity (Wildman–Crippen MR) is 152 cm³/mol. The number of amides is 1. The van der Waals surface area contributed by atoms with Crippen LogP contribution >= 0.6 is 11.6 Å². The van der Waals surface area contributed by atoms with Crippen molar-refractivity contribution in [1.29, 1.82) is 0 Å². The molecule has 2 heterocycles. The van der Waals surface area contributed by atoms with Gasteiger partial charge in [0.25, 0.3) is 11.6 Å². The Labute approximate surface area is 252 Å². The van der Waals surface area contributed by atoms with Crippen molar-refractivity contribution >= 4 is 28.9 Å². The van der Waals surface area contributed by atoms with E-state index in [2.05, 4.69) is 10.2 Å². The van der Waals surface area contributed by atoms with E-state index in [9.17, 15) is 28.1 Å². The number of hydrogen-bond acceptors (Lipinski definition) is 8. The summed E-state index contributed by atoms with van der Waals surface area (Å²) in [5, 5.41) is 14.7. The Morgan fingerprint density at radius 2 is 1.81 bits per heavy atom. The number of rotatable bonds is 10. The summed E-state index contributed by atoms with van der Waals surface area (Å²) in [7, 11) is 0. The largest absolute Gasteiger partial charge is 0.480 e. The number of nitrogens with zero attached hydrogens (tertiary/aromatic N) is 3. The molecule has 2 aliphatic heterocycles. The molecule has 1 unspecified atom stereocenters. The van der Waals surface area contributed by atoms with E-state index in [4.69, 9.17) is 25.8 Å². The fraction of sp³-hybridized carbons (Fsp3) is 0.552. The summed E-state index contributed by atoms with van der Waals surface area (Å²) in [5.74, 6) is 0.705. The van der Waals surface area contributed by atoms with Gasteiger partial charge in [0, 0.05) is 55.4 Å². The number of fused-ring (bicyclic) bond motifs is 1. The number of piperazine rings is 1. The quantitative estimate of drug-likeness (QED) is 0.220. The van der Waals surface area contributed by atoms with Crippen LogP contribution < -0.4 is 10.1 Å². The van der Waals surface area contributed by atoms with Gasteiger partial charge in [0.1, 0.15) is 11.3 Å². The fourth-order valence-electron chi connectivity index (χ4n) is 5.74. The molecule has 2 aromatic carbocycles. The van der Waals surface area contributed by atoms with E-state index in [0.717, 1.165) is 30.5 Å². The Morgan fingerprint density at radius 1 is 1.07 bits per heavy atom. The van der Waals surface area contributed by atoms with Crippen LogP contribution in [0.25, 0.3) is 0 Å². The van der Waals surface area contributed by atoms with Crippen molar-refractivity contribution in [2.45, 2.75) is 56.5 Å². The lowest BCUT2D eigenvalue weighted by molar-refractivity contribution is -0.388. The first-order chi connectivity index (χ1) is 20.6. The SMILES string of the molecule is O=C(C1Cc2cc(Cl)ccc2O1)N1CCN(COCCOC2CCC(Nc3ccc([N+](=O)[O-])c(C(F)(F)F)c3)CC2)CC1. The zero-order valence-electron chi connectivity index (χ0n) is 23.5. The molecule has 14 heteroatoms. The molecule has 2 fully saturated rings. The molecule has 0 radical (unpaired) electrons. The lowest BCUT2D eigenvalue weighted by atomic mass is 9.92. The highest BCUT2D eigenvalue weighted by molar-refractivity contribution is 6.30. The maximum Gasteiger partial charge on any atom is 0.423 e. The number of carbonyl (C=O) groups excluding carboxylic acids is 1. The molecule has 10 nitrogen and oxygen atoms in total. The molecule has 0 bridgehead atoms. The van der Waals surface area contributed by atoms with Crippen LogP contribution in [-0.4, -0.2) is 85.0 Å². The van der Waals surface area contributed by atoms with E-state index in [1.165, 1.54) is 6.07 Å². The van der Waals surface area contributed by atoms with Crippen LogP contribution in [0, 0.1) is 10.1 Å². The van der Waals surface area contributed by atoms with Crippen molar-refractivity contribution in [2.75, 3.05) is 51.4 Å². The van der Waals surface area contributed by atoms with Gasteiger partial charge >= 0.3 is 6.18 Å². The van der Waals surface area contributed by atoms with E-state index in [1.807, 2.05) is 11.0 Å². The van der Waals surface area contributed by atoms with Crippen molar-refractivity contribution < 1.29 is 37.1 Å². The number of nitro benzene ring substituents is 1. The normalized spacial score (nSPS) is 22.6. The second-order valence-corrected chi connectivity index (χ2v) is 11.5. The van der Waals surface area contributed by atoms with E-state index < -0.39 is 28.5 Å². The summed E-state index contributed by atoms with van der Waals surface area (Å²) in [6.07, 6.45) is -1.85. The number of ether oxygens (including phenoxy) is 3. The first-order valence-electron chi connectivity index (χ1n) is 14.3. The summed E-state index contributed by atoms with van der Waals surface area (Å²) in [4.78, 5) is 26.9. The third-order valence-corrected chi connectivity index (χ3v) is 8.29. The standard InChI is InChI=1S/C29H34ClF3N4O6/c30-20-1-8-26-19(15-20)16-27(43-26)28(38)36-11-9-35(10-12-36)18-41-13-14-42-23-5-2-21(3-6-23)34-22-4-7-25(37(39)40)24(17-22)29(31,32)33/h1,4,7-8,15,17,21,23,27,34H,2-3,5-6,9-14,16,18H2. The average molecular weight is 627 g/mol. The minimum atomic E-state index is -4.81. The van der Waals surface area contributed by atoms with E-state index >= 15 is 0 Å². The van der Waals surface area contributed by atoms with Crippen molar-refractivity contribution in [3.8, 4) is 5.75 Å².